The molecule has 102 valence electrons. The van der Waals surface area contributed by atoms with E-state index in [4.69, 9.17) is 4.74 Å². The number of hydrogen-bond donors (Lipinski definition) is 0. The van der Waals surface area contributed by atoms with Crippen LogP contribution in [0.3, 0.4) is 0 Å². The summed E-state index contributed by atoms with van der Waals surface area (Å²) in [5.41, 5.74) is 3.18. The van der Waals surface area contributed by atoms with E-state index in [1.807, 2.05) is 0 Å². The first-order chi connectivity index (χ1) is 9.36. The Morgan fingerprint density at radius 1 is 1.16 bits per heavy atom. The third-order valence-electron chi connectivity index (χ3n) is 5.53. The quantitative estimate of drug-likeness (QED) is 0.766. The molecular weight excluding hydrogens is 234 g/mol. The number of fused-ring (bicyclic) bond motifs is 2. The maximum Gasteiger partial charge on any atom is 0.119 e. The number of hydrogen-bond acceptors (Lipinski definition) is 2. The molecule has 0 saturated carbocycles. The first-order valence-corrected chi connectivity index (χ1v) is 7.77. The van der Waals surface area contributed by atoms with Gasteiger partial charge in [0.05, 0.1) is 7.11 Å². The molecule has 3 atom stereocenters. The lowest BCUT2D eigenvalue weighted by Crippen LogP contribution is -2.54. The van der Waals surface area contributed by atoms with Crippen molar-refractivity contribution in [2.24, 2.45) is 5.92 Å². The van der Waals surface area contributed by atoms with E-state index in [0.29, 0.717) is 0 Å². The zero-order valence-electron chi connectivity index (χ0n) is 11.8. The summed E-state index contributed by atoms with van der Waals surface area (Å²) in [4.78, 5) is 2.79. The van der Waals surface area contributed by atoms with Gasteiger partial charge < -0.3 is 4.74 Å². The molecule has 1 aliphatic carbocycles. The van der Waals surface area contributed by atoms with E-state index in [9.17, 15) is 0 Å². The van der Waals surface area contributed by atoms with Crippen LogP contribution in [-0.2, 0) is 6.42 Å². The summed E-state index contributed by atoms with van der Waals surface area (Å²) in [6.07, 6.45) is 6.85. The molecular formula is C17H23NO. The topological polar surface area (TPSA) is 12.5 Å². The van der Waals surface area contributed by atoms with Gasteiger partial charge in [-0.25, -0.2) is 0 Å². The van der Waals surface area contributed by atoms with E-state index in [-0.39, 0.29) is 0 Å². The maximum absolute atomic E-state index is 5.41. The fraction of sp³-hybridized carbons (Fsp3) is 0.647. The molecule has 0 amide bonds. The Kier molecular flexibility index (Phi) is 2.80. The molecule has 2 nitrogen and oxygen atoms in total. The zero-order valence-corrected chi connectivity index (χ0v) is 11.8. The van der Waals surface area contributed by atoms with Gasteiger partial charge in [-0.15, -0.1) is 0 Å². The van der Waals surface area contributed by atoms with Gasteiger partial charge in [0.15, 0.2) is 0 Å². The standard InChI is InChI=1S/C17H23NO/c1-19-14-6-7-15-13(11-14)10-12-4-2-8-18-9-3-5-16(15)17(12)18/h6-7,11-12,16-17H,2-5,8-10H2,1H3. The Morgan fingerprint density at radius 3 is 2.84 bits per heavy atom. The second kappa shape index (κ2) is 4.52. The van der Waals surface area contributed by atoms with E-state index in [0.717, 1.165) is 23.6 Å². The Labute approximate surface area is 115 Å². The van der Waals surface area contributed by atoms with Crippen LogP contribution in [0.5, 0.6) is 5.75 Å². The zero-order chi connectivity index (χ0) is 12.8. The highest BCUT2D eigenvalue weighted by Crippen LogP contribution is 2.47. The predicted octanol–water partition coefficient (Wildman–Crippen LogP) is 3.21. The number of rotatable bonds is 1. The van der Waals surface area contributed by atoms with Crippen LogP contribution in [0.15, 0.2) is 18.2 Å². The van der Waals surface area contributed by atoms with Crippen LogP contribution >= 0.6 is 0 Å². The number of ether oxygens (including phenoxy) is 1. The van der Waals surface area contributed by atoms with Crippen molar-refractivity contribution in [1.82, 2.24) is 4.90 Å². The molecule has 2 heterocycles. The van der Waals surface area contributed by atoms with Crippen molar-refractivity contribution >= 4 is 0 Å². The minimum absolute atomic E-state index is 0.786. The fourth-order valence-corrected chi connectivity index (χ4v) is 4.80. The molecule has 0 spiro atoms. The van der Waals surface area contributed by atoms with Crippen LogP contribution < -0.4 is 4.74 Å². The van der Waals surface area contributed by atoms with Crippen molar-refractivity contribution in [2.45, 2.75) is 44.1 Å². The predicted molar refractivity (Wildman–Crippen MR) is 76.8 cm³/mol. The number of methoxy groups -OCH3 is 1. The fourth-order valence-electron chi connectivity index (χ4n) is 4.80. The van der Waals surface area contributed by atoms with Crippen LogP contribution in [0.4, 0.5) is 0 Å². The molecule has 0 radical (unpaired) electrons. The smallest absolute Gasteiger partial charge is 0.119 e. The van der Waals surface area contributed by atoms with E-state index in [1.165, 1.54) is 45.2 Å². The minimum atomic E-state index is 0.786. The van der Waals surface area contributed by atoms with Gasteiger partial charge in [0, 0.05) is 12.0 Å². The molecule has 3 unspecified atom stereocenters. The molecule has 3 aliphatic rings. The van der Waals surface area contributed by atoms with Crippen molar-refractivity contribution in [3.8, 4) is 5.75 Å². The Balaban J connectivity index is 1.76. The highest BCUT2D eigenvalue weighted by atomic mass is 16.5. The summed E-state index contributed by atoms with van der Waals surface area (Å²) in [5, 5.41) is 0. The van der Waals surface area contributed by atoms with E-state index in [2.05, 4.69) is 23.1 Å². The summed E-state index contributed by atoms with van der Waals surface area (Å²) in [5.74, 6) is 2.70. The average molecular weight is 257 g/mol. The van der Waals surface area contributed by atoms with Gasteiger partial charge in [0.1, 0.15) is 5.75 Å². The Morgan fingerprint density at radius 2 is 2.00 bits per heavy atom. The van der Waals surface area contributed by atoms with Gasteiger partial charge in [0.2, 0.25) is 0 Å². The van der Waals surface area contributed by atoms with Crippen molar-refractivity contribution in [1.29, 1.82) is 0 Å². The van der Waals surface area contributed by atoms with Gasteiger partial charge in [-0.3, -0.25) is 4.90 Å². The highest BCUT2D eigenvalue weighted by Gasteiger charge is 2.43. The Bertz CT molecular complexity index is 482. The summed E-state index contributed by atoms with van der Waals surface area (Å²) >= 11 is 0. The average Bonchev–Trinajstić information content (AvgIpc) is 2.47. The Hall–Kier alpha value is -1.02. The van der Waals surface area contributed by atoms with Crippen LogP contribution in [0.1, 0.15) is 42.7 Å². The molecule has 2 fully saturated rings. The van der Waals surface area contributed by atoms with Crippen LogP contribution in [0.2, 0.25) is 0 Å². The third kappa shape index (κ3) is 1.80. The molecule has 2 saturated heterocycles. The van der Waals surface area contributed by atoms with Crippen LogP contribution in [-0.4, -0.2) is 31.1 Å². The minimum Gasteiger partial charge on any atom is -0.497 e. The van der Waals surface area contributed by atoms with Crippen molar-refractivity contribution in [3.63, 3.8) is 0 Å². The number of benzene rings is 1. The molecule has 19 heavy (non-hydrogen) atoms. The first kappa shape index (κ1) is 11.8. The highest BCUT2D eigenvalue weighted by molar-refractivity contribution is 5.41. The molecule has 0 N–H and O–H groups in total. The van der Waals surface area contributed by atoms with Crippen molar-refractivity contribution in [2.75, 3.05) is 20.2 Å². The van der Waals surface area contributed by atoms with E-state index < -0.39 is 0 Å². The van der Waals surface area contributed by atoms with Gasteiger partial charge in [-0.05, 0) is 74.4 Å². The molecule has 0 bridgehead atoms. The van der Waals surface area contributed by atoms with Crippen molar-refractivity contribution < 1.29 is 4.74 Å². The lowest BCUT2D eigenvalue weighted by molar-refractivity contribution is 0.0349. The molecule has 0 aromatic heterocycles. The largest absolute Gasteiger partial charge is 0.497 e. The maximum atomic E-state index is 5.41. The second-order valence-electron chi connectivity index (χ2n) is 6.45. The van der Waals surface area contributed by atoms with Crippen LogP contribution in [0.25, 0.3) is 0 Å². The summed E-state index contributed by atoms with van der Waals surface area (Å²) < 4.78 is 5.41. The third-order valence-corrected chi connectivity index (χ3v) is 5.53. The van der Waals surface area contributed by atoms with Gasteiger partial charge in [0.25, 0.3) is 0 Å². The van der Waals surface area contributed by atoms with Crippen molar-refractivity contribution in [3.05, 3.63) is 29.3 Å². The SMILES string of the molecule is COc1ccc2c(c1)CC1CCCN3CCCC2C13. The van der Waals surface area contributed by atoms with Crippen LogP contribution in [0, 0.1) is 5.92 Å². The number of nitrogens with zero attached hydrogens (tertiary/aromatic N) is 1. The summed E-state index contributed by atoms with van der Waals surface area (Å²) in [6.45, 7) is 2.67. The lowest BCUT2D eigenvalue weighted by Gasteiger charge is -2.52. The monoisotopic (exact) mass is 257 g/mol. The van der Waals surface area contributed by atoms with E-state index >= 15 is 0 Å². The molecule has 1 aromatic carbocycles. The van der Waals surface area contributed by atoms with Gasteiger partial charge in [-0.1, -0.05) is 6.07 Å². The summed E-state index contributed by atoms with van der Waals surface area (Å²) in [7, 11) is 1.77. The number of piperidine rings is 2. The summed E-state index contributed by atoms with van der Waals surface area (Å²) in [6, 6.07) is 7.62. The normalized spacial score (nSPS) is 33.4. The lowest BCUT2D eigenvalue weighted by atomic mass is 9.66. The molecule has 1 aromatic rings. The van der Waals surface area contributed by atoms with Gasteiger partial charge in [-0.2, -0.15) is 0 Å². The van der Waals surface area contributed by atoms with Gasteiger partial charge >= 0.3 is 0 Å². The first-order valence-electron chi connectivity index (χ1n) is 7.77. The van der Waals surface area contributed by atoms with E-state index in [1.54, 1.807) is 18.2 Å². The molecule has 4 rings (SSSR count). The molecule has 2 aliphatic heterocycles. The molecule has 2 heteroatoms. The second-order valence-corrected chi connectivity index (χ2v) is 6.45.